The van der Waals surface area contributed by atoms with Gasteiger partial charge in [0.25, 0.3) is 0 Å². The number of benzene rings is 1. The van der Waals surface area contributed by atoms with Crippen molar-refractivity contribution in [3.63, 3.8) is 0 Å². The molecule has 4 unspecified atom stereocenters. The highest BCUT2D eigenvalue weighted by molar-refractivity contribution is 5.25. The molecule has 1 aliphatic carbocycles. The first-order valence-corrected chi connectivity index (χ1v) is 8.24. The van der Waals surface area contributed by atoms with Gasteiger partial charge in [-0.3, -0.25) is 0 Å². The summed E-state index contributed by atoms with van der Waals surface area (Å²) in [5.41, 5.74) is 2.48. The van der Waals surface area contributed by atoms with Crippen LogP contribution in [-0.4, -0.2) is 5.11 Å². The normalized spacial score (nSPS) is 28.6. The molecule has 1 aliphatic rings. The van der Waals surface area contributed by atoms with Gasteiger partial charge in [0, 0.05) is 0 Å². The van der Waals surface area contributed by atoms with Gasteiger partial charge < -0.3 is 5.11 Å². The number of rotatable bonds is 4. The van der Waals surface area contributed by atoms with Crippen LogP contribution in [0.2, 0.25) is 0 Å². The van der Waals surface area contributed by atoms with Crippen molar-refractivity contribution in [2.75, 3.05) is 0 Å². The molecule has 1 aromatic rings. The van der Waals surface area contributed by atoms with Crippen molar-refractivity contribution in [3.05, 3.63) is 35.4 Å². The maximum absolute atomic E-state index is 10.6. The van der Waals surface area contributed by atoms with Gasteiger partial charge in [-0.2, -0.15) is 0 Å². The van der Waals surface area contributed by atoms with Crippen LogP contribution in [0.15, 0.2) is 24.3 Å². The van der Waals surface area contributed by atoms with E-state index in [9.17, 15) is 5.11 Å². The molecule has 112 valence electrons. The standard InChI is InChI=1S/C19H30O/c1-13(2)11-16-6-9-17(10-7-16)19(20)18-8-5-14(3)15(4)12-18/h6-7,9-10,13-15,18-20H,5,8,11-12H2,1-4H3. The second kappa shape index (κ2) is 6.76. The van der Waals surface area contributed by atoms with Gasteiger partial charge in [0.15, 0.2) is 0 Å². The van der Waals surface area contributed by atoms with Gasteiger partial charge in [-0.1, -0.05) is 58.4 Å². The summed E-state index contributed by atoms with van der Waals surface area (Å²) in [7, 11) is 0. The van der Waals surface area contributed by atoms with Crippen molar-refractivity contribution >= 4 is 0 Å². The lowest BCUT2D eigenvalue weighted by atomic mass is 9.73. The van der Waals surface area contributed by atoms with Gasteiger partial charge in [-0.25, -0.2) is 0 Å². The molecule has 1 heteroatoms. The van der Waals surface area contributed by atoms with Crippen molar-refractivity contribution in [2.24, 2.45) is 23.7 Å². The number of aliphatic hydroxyl groups excluding tert-OH is 1. The zero-order chi connectivity index (χ0) is 14.7. The molecule has 0 aromatic heterocycles. The van der Waals surface area contributed by atoms with E-state index in [1.54, 1.807) is 0 Å². The Hall–Kier alpha value is -0.820. The van der Waals surface area contributed by atoms with E-state index in [-0.39, 0.29) is 6.10 Å². The van der Waals surface area contributed by atoms with Crippen LogP contribution in [-0.2, 0) is 6.42 Å². The Balaban J connectivity index is 2.00. The lowest BCUT2D eigenvalue weighted by Gasteiger charge is -2.34. The Morgan fingerprint density at radius 1 is 1.05 bits per heavy atom. The van der Waals surface area contributed by atoms with Gasteiger partial charge in [-0.15, -0.1) is 0 Å². The molecule has 1 N–H and O–H groups in total. The SMILES string of the molecule is CC(C)Cc1ccc(C(O)C2CCC(C)C(C)C2)cc1. The Bertz CT molecular complexity index is 406. The summed E-state index contributed by atoms with van der Waals surface area (Å²) < 4.78 is 0. The monoisotopic (exact) mass is 274 g/mol. The minimum atomic E-state index is -0.280. The molecule has 0 heterocycles. The largest absolute Gasteiger partial charge is 0.388 e. The van der Waals surface area contributed by atoms with Crippen molar-refractivity contribution in [1.82, 2.24) is 0 Å². The van der Waals surface area contributed by atoms with E-state index in [0.29, 0.717) is 11.8 Å². The Morgan fingerprint density at radius 2 is 1.70 bits per heavy atom. The van der Waals surface area contributed by atoms with E-state index < -0.39 is 0 Å². The second-order valence-electron chi connectivity index (χ2n) is 7.31. The fourth-order valence-electron chi connectivity index (χ4n) is 3.47. The summed E-state index contributed by atoms with van der Waals surface area (Å²) in [5, 5.41) is 10.6. The first-order valence-electron chi connectivity index (χ1n) is 8.24. The lowest BCUT2D eigenvalue weighted by Crippen LogP contribution is -2.25. The van der Waals surface area contributed by atoms with Crippen molar-refractivity contribution in [2.45, 2.75) is 59.5 Å². The van der Waals surface area contributed by atoms with E-state index in [4.69, 9.17) is 0 Å². The van der Waals surface area contributed by atoms with E-state index >= 15 is 0 Å². The second-order valence-corrected chi connectivity index (χ2v) is 7.31. The third kappa shape index (κ3) is 3.85. The molecule has 0 bridgehead atoms. The minimum absolute atomic E-state index is 0.280. The first-order chi connectivity index (χ1) is 9.47. The molecular formula is C19H30O. The predicted molar refractivity (Wildman–Crippen MR) is 85.6 cm³/mol. The average Bonchev–Trinajstić information content (AvgIpc) is 2.41. The third-order valence-corrected chi connectivity index (χ3v) is 5.05. The third-order valence-electron chi connectivity index (χ3n) is 5.05. The van der Waals surface area contributed by atoms with Crippen LogP contribution in [0.1, 0.15) is 64.2 Å². The molecule has 0 amide bonds. The highest BCUT2D eigenvalue weighted by atomic mass is 16.3. The summed E-state index contributed by atoms with van der Waals surface area (Å²) in [4.78, 5) is 0. The maximum Gasteiger partial charge on any atom is 0.0818 e. The summed E-state index contributed by atoms with van der Waals surface area (Å²) >= 11 is 0. The number of aliphatic hydroxyl groups is 1. The highest BCUT2D eigenvalue weighted by Crippen LogP contribution is 2.39. The van der Waals surface area contributed by atoms with Crippen molar-refractivity contribution in [3.8, 4) is 0 Å². The number of hydrogen-bond acceptors (Lipinski definition) is 1. The Morgan fingerprint density at radius 3 is 2.25 bits per heavy atom. The smallest absolute Gasteiger partial charge is 0.0818 e. The fraction of sp³-hybridized carbons (Fsp3) is 0.684. The van der Waals surface area contributed by atoms with Crippen LogP contribution in [0.3, 0.4) is 0 Å². The fourth-order valence-corrected chi connectivity index (χ4v) is 3.47. The summed E-state index contributed by atoms with van der Waals surface area (Å²) in [6.45, 7) is 9.16. The topological polar surface area (TPSA) is 20.2 Å². The highest BCUT2D eigenvalue weighted by Gasteiger charge is 2.29. The van der Waals surface area contributed by atoms with E-state index in [0.717, 1.165) is 30.2 Å². The van der Waals surface area contributed by atoms with Gasteiger partial charge >= 0.3 is 0 Å². The molecule has 20 heavy (non-hydrogen) atoms. The van der Waals surface area contributed by atoms with Crippen LogP contribution < -0.4 is 0 Å². The molecule has 1 saturated carbocycles. The van der Waals surface area contributed by atoms with Crippen LogP contribution in [0.5, 0.6) is 0 Å². The Kier molecular flexibility index (Phi) is 5.26. The molecule has 0 spiro atoms. The van der Waals surface area contributed by atoms with Gasteiger partial charge in [0.05, 0.1) is 6.10 Å². The quantitative estimate of drug-likeness (QED) is 0.820. The summed E-state index contributed by atoms with van der Waals surface area (Å²) in [6, 6.07) is 8.64. The molecule has 0 aliphatic heterocycles. The van der Waals surface area contributed by atoms with Crippen molar-refractivity contribution < 1.29 is 5.11 Å². The molecular weight excluding hydrogens is 244 g/mol. The lowest BCUT2D eigenvalue weighted by molar-refractivity contribution is 0.0561. The average molecular weight is 274 g/mol. The molecule has 2 rings (SSSR count). The van der Waals surface area contributed by atoms with Gasteiger partial charge in [0.1, 0.15) is 0 Å². The molecule has 4 atom stereocenters. The minimum Gasteiger partial charge on any atom is -0.388 e. The zero-order valence-corrected chi connectivity index (χ0v) is 13.5. The molecule has 0 radical (unpaired) electrons. The van der Waals surface area contributed by atoms with Crippen LogP contribution >= 0.6 is 0 Å². The summed E-state index contributed by atoms with van der Waals surface area (Å²) in [6.07, 6.45) is 4.43. The number of hydrogen-bond donors (Lipinski definition) is 1. The van der Waals surface area contributed by atoms with E-state index in [1.807, 2.05) is 0 Å². The van der Waals surface area contributed by atoms with Crippen LogP contribution in [0.4, 0.5) is 0 Å². The van der Waals surface area contributed by atoms with Crippen LogP contribution in [0.25, 0.3) is 0 Å². The Labute approximate surface area is 124 Å². The predicted octanol–water partition coefficient (Wildman–Crippen LogP) is 4.99. The molecule has 1 nitrogen and oxygen atoms in total. The zero-order valence-electron chi connectivity index (χ0n) is 13.5. The first kappa shape index (κ1) is 15.6. The molecule has 1 aromatic carbocycles. The maximum atomic E-state index is 10.6. The molecule has 0 saturated heterocycles. The van der Waals surface area contributed by atoms with Gasteiger partial charge in [0.2, 0.25) is 0 Å². The molecule has 1 fully saturated rings. The van der Waals surface area contributed by atoms with Crippen LogP contribution in [0, 0.1) is 23.7 Å². The van der Waals surface area contributed by atoms with Crippen molar-refractivity contribution in [1.29, 1.82) is 0 Å². The van der Waals surface area contributed by atoms with E-state index in [2.05, 4.69) is 52.0 Å². The van der Waals surface area contributed by atoms with Gasteiger partial charge in [-0.05, 0) is 54.1 Å². The summed E-state index contributed by atoms with van der Waals surface area (Å²) in [5.74, 6) is 2.68. The van der Waals surface area contributed by atoms with E-state index in [1.165, 1.54) is 18.4 Å².